The molecule has 0 atom stereocenters. The first-order valence-electron chi connectivity index (χ1n) is 12.1. The molecule has 2 aromatic heterocycles. The zero-order valence-corrected chi connectivity index (χ0v) is 24.0. The van der Waals surface area contributed by atoms with Crippen molar-refractivity contribution < 1.29 is 27.5 Å². The molecular weight excluding hydrogens is 588 g/mol. The number of nitrogens with zero attached hydrogens (tertiary/aromatic N) is 4. The molecule has 0 unspecified atom stereocenters. The van der Waals surface area contributed by atoms with Gasteiger partial charge >= 0.3 is 12.3 Å². The molecule has 1 aromatic carbocycles. The van der Waals surface area contributed by atoms with Crippen LogP contribution in [-0.4, -0.2) is 49.8 Å². The van der Waals surface area contributed by atoms with Gasteiger partial charge in [0.2, 0.25) is 0 Å². The van der Waals surface area contributed by atoms with Crippen LogP contribution in [0.1, 0.15) is 49.2 Å². The van der Waals surface area contributed by atoms with Crippen LogP contribution < -0.4 is 16.6 Å². The molecule has 0 aliphatic carbocycles. The molecule has 0 aliphatic rings. The molecule has 0 radical (unpaired) electrons. The minimum absolute atomic E-state index is 0.130. The van der Waals surface area contributed by atoms with E-state index in [0.717, 1.165) is 23.0 Å². The Morgan fingerprint density at radius 1 is 1.10 bits per heavy atom. The van der Waals surface area contributed by atoms with Crippen molar-refractivity contribution in [3.8, 4) is 5.69 Å². The number of nitrogens with one attached hydrogen (secondary N) is 1. The molecule has 3 N–H and O–H groups in total. The fraction of sp³-hybridized carbons (Fsp3) is 0.346. The standard InChI is InChI=1S/C26H27Cl2F3N6O4/c1-5-36(24(40)41-25(2,3)4)12-15-6-16(11-33-10-15)35-22(38)19-21(32)34-13-37(23(19)39)20-17(27)7-14(8-18(20)28)9-26(29,30)31/h6-8,10-11,13H,5,9,12,32H2,1-4H3,(H,35,38). The third kappa shape index (κ3) is 8.33. The largest absolute Gasteiger partial charge is 0.444 e. The van der Waals surface area contributed by atoms with Crippen LogP contribution in [0.5, 0.6) is 0 Å². The minimum atomic E-state index is -4.50. The van der Waals surface area contributed by atoms with Crippen molar-refractivity contribution in [2.45, 2.75) is 52.4 Å². The molecule has 0 bridgehead atoms. The van der Waals surface area contributed by atoms with Gasteiger partial charge in [0.05, 0.1) is 40.6 Å². The summed E-state index contributed by atoms with van der Waals surface area (Å²) >= 11 is 12.4. The van der Waals surface area contributed by atoms with Crippen LogP contribution >= 0.6 is 23.2 Å². The van der Waals surface area contributed by atoms with Crippen LogP contribution in [0.15, 0.2) is 41.7 Å². The highest BCUT2D eigenvalue weighted by atomic mass is 35.5. The van der Waals surface area contributed by atoms with Gasteiger partial charge in [0.25, 0.3) is 11.5 Å². The van der Waals surface area contributed by atoms with Crippen LogP contribution in [0.4, 0.5) is 29.5 Å². The fourth-order valence-corrected chi connectivity index (χ4v) is 4.42. The predicted molar refractivity (Wildman–Crippen MR) is 149 cm³/mol. The first-order valence-corrected chi connectivity index (χ1v) is 12.9. The van der Waals surface area contributed by atoms with Crippen molar-refractivity contribution in [2.75, 3.05) is 17.6 Å². The summed E-state index contributed by atoms with van der Waals surface area (Å²) in [5.74, 6) is -1.34. The van der Waals surface area contributed by atoms with Gasteiger partial charge in [-0.2, -0.15) is 13.2 Å². The summed E-state index contributed by atoms with van der Waals surface area (Å²) in [7, 11) is 0. The molecule has 0 aliphatic heterocycles. The number of anilines is 2. The molecular formula is C26H27Cl2F3N6O4. The molecule has 0 saturated carbocycles. The number of halogens is 5. The van der Waals surface area contributed by atoms with E-state index in [0.29, 0.717) is 12.1 Å². The Labute approximate surface area is 243 Å². The third-order valence-corrected chi connectivity index (χ3v) is 5.99. The second-order valence-corrected chi connectivity index (χ2v) is 10.7. The molecule has 2 heterocycles. The van der Waals surface area contributed by atoms with Gasteiger partial charge in [-0.25, -0.2) is 9.78 Å². The van der Waals surface area contributed by atoms with Crippen molar-refractivity contribution >= 4 is 46.7 Å². The van der Waals surface area contributed by atoms with Crippen LogP contribution in [0.25, 0.3) is 5.69 Å². The fourth-order valence-electron chi connectivity index (χ4n) is 3.71. The Balaban J connectivity index is 1.89. The normalized spacial score (nSPS) is 11.7. The molecule has 220 valence electrons. The van der Waals surface area contributed by atoms with Gasteiger partial charge in [-0.1, -0.05) is 23.2 Å². The summed E-state index contributed by atoms with van der Waals surface area (Å²) in [6.45, 7) is 7.50. The second-order valence-electron chi connectivity index (χ2n) is 9.91. The molecule has 41 heavy (non-hydrogen) atoms. The number of hydrogen-bond donors (Lipinski definition) is 2. The Kier molecular flexibility index (Phi) is 9.54. The quantitative estimate of drug-likeness (QED) is 0.352. The van der Waals surface area contributed by atoms with E-state index >= 15 is 0 Å². The summed E-state index contributed by atoms with van der Waals surface area (Å²) in [6, 6.07) is 3.59. The van der Waals surface area contributed by atoms with Crippen LogP contribution in [0, 0.1) is 0 Å². The molecule has 3 aromatic rings. The lowest BCUT2D eigenvalue weighted by atomic mass is 10.1. The lowest BCUT2D eigenvalue weighted by Crippen LogP contribution is -2.36. The number of carbonyl (C=O) groups excluding carboxylic acids is 2. The number of nitrogens with two attached hydrogens (primary N) is 1. The average Bonchev–Trinajstić information content (AvgIpc) is 2.81. The van der Waals surface area contributed by atoms with E-state index < -0.39 is 47.1 Å². The summed E-state index contributed by atoms with van der Waals surface area (Å²) < 4.78 is 44.7. The van der Waals surface area contributed by atoms with E-state index in [4.69, 9.17) is 33.7 Å². The van der Waals surface area contributed by atoms with Gasteiger partial charge in [0.15, 0.2) is 0 Å². The smallest absolute Gasteiger partial charge is 0.410 e. The Hall–Kier alpha value is -3.84. The van der Waals surface area contributed by atoms with Crippen LogP contribution in [0.2, 0.25) is 10.0 Å². The number of rotatable bonds is 7. The number of carbonyl (C=O) groups is 2. The number of benzene rings is 1. The van der Waals surface area contributed by atoms with Gasteiger partial charge in [-0.05, 0) is 57.0 Å². The van der Waals surface area contributed by atoms with Gasteiger partial charge in [-0.3, -0.25) is 19.1 Å². The van der Waals surface area contributed by atoms with E-state index in [1.165, 1.54) is 17.3 Å². The van der Waals surface area contributed by atoms with Crippen molar-refractivity contribution in [2.24, 2.45) is 0 Å². The van der Waals surface area contributed by atoms with E-state index in [2.05, 4.69) is 15.3 Å². The van der Waals surface area contributed by atoms with Crippen LogP contribution in [-0.2, 0) is 17.7 Å². The molecule has 2 amide bonds. The molecule has 0 spiro atoms. The van der Waals surface area contributed by atoms with E-state index in [9.17, 15) is 27.6 Å². The average molecular weight is 615 g/mol. The number of hydrogen-bond acceptors (Lipinski definition) is 7. The van der Waals surface area contributed by atoms with Crippen molar-refractivity contribution in [3.63, 3.8) is 0 Å². The van der Waals surface area contributed by atoms with Crippen LogP contribution in [0.3, 0.4) is 0 Å². The van der Waals surface area contributed by atoms with Gasteiger partial charge in [0.1, 0.15) is 23.3 Å². The highest BCUT2D eigenvalue weighted by molar-refractivity contribution is 6.37. The zero-order valence-electron chi connectivity index (χ0n) is 22.5. The third-order valence-electron chi connectivity index (χ3n) is 5.41. The number of aromatic nitrogens is 3. The summed E-state index contributed by atoms with van der Waals surface area (Å²) in [4.78, 5) is 48.3. The van der Waals surface area contributed by atoms with Gasteiger partial charge in [-0.15, -0.1) is 0 Å². The Morgan fingerprint density at radius 3 is 2.29 bits per heavy atom. The van der Waals surface area contributed by atoms with E-state index in [1.54, 1.807) is 33.8 Å². The zero-order chi connectivity index (χ0) is 30.7. The first-order chi connectivity index (χ1) is 19.0. The number of amides is 2. The summed E-state index contributed by atoms with van der Waals surface area (Å²) in [5, 5.41) is 1.99. The maximum Gasteiger partial charge on any atom is 0.410 e. The van der Waals surface area contributed by atoms with E-state index in [1.807, 2.05) is 0 Å². The molecule has 0 saturated heterocycles. The Morgan fingerprint density at radius 2 is 1.73 bits per heavy atom. The minimum Gasteiger partial charge on any atom is -0.444 e. The number of pyridine rings is 1. The maximum absolute atomic E-state index is 13.3. The topological polar surface area (TPSA) is 132 Å². The summed E-state index contributed by atoms with van der Waals surface area (Å²) in [5.41, 5.74) is 3.99. The monoisotopic (exact) mass is 614 g/mol. The van der Waals surface area contributed by atoms with E-state index in [-0.39, 0.29) is 33.5 Å². The van der Waals surface area contributed by atoms with Crippen molar-refractivity contribution in [1.29, 1.82) is 0 Å². The van der Waals surface area contributed by atoms with Gasteiger partial charge in [0, 0.05) is 12.7 Å². The summed E-state index contributed by atoms with van der Waals surface area (Å²) in [6.07, 6.45) is -2.53. The lowest BCUT2D eigenvalue weighted by molar-refractivity contribution is -0.127. The molecule has 10 nitrogen and oxygen atoms in total. The number of alkyl halides is 3. The first kappa shape index (κ1) is 31.7. The number of ether oxygens (including phenoxy) is 1. The van der Waals surface area contributed by atoms with Gasteiger partial charge < -0.3 is 20.7 Å². The molecule has 15 heteroatoms. The SMILES string of the molecule is CCN(Cc1cncc(NC(=O)c2c(N)ncn(-c3c(Cl)cc(CC(F)(F)F)cc3Cl)c2=O)c1)C(=O)OC(C)(C)C. The van der Waals surface area contributed by atoms with Crippen molar-refractivity contribution in [1.82, 2.24) is 19.4 Å². The highest BCUT2D eigenvalue weighted by Crippen LogP contribution is 2.32. The van der Waals surface area contributed by atoms with Crippen molar-refractivity contribution in [3.05, 3.63) is 74.0 Å². The Bertz CT molecular complexity index is 1500. The maximum atomic E-state index is 13.3. The highest BCUT2D eigenvalue weighted by Gasteiger charge is 2.29. The molecule has 0 fully saturated rings. The predicted octanol–water partition coefficient (Wildman–Crippen LogP) is 5.63. The molecule has 3 rings (SSSR count). The second kappa shape index (κ2) is 12.4. The lowest BCUT2D eigenvalue weighted by Gasteiger charge is -2.26. The number of nitrogen functional groups attached to an aromatic ring is 1.